The second-order valence-electron chi connectivity index (χ2n) is 5.96. The van der Waals surface area contributed by atoms with Gasteiger partial charge in [-0.3, -0.25) is 4.90 Å². The molecule has 1 aliphatic heterocycles. The zero-order chi connectivity index (χ0) is 13.1. The highest BCUT2D eigenvalue weighted by molar-refractivity contribution is 7.12. The van der Waals surface area contributed by atoms with Crippen LogP contribution in [0.25, 0.3) is 0 Å². The van der Waals surface area contributed by atoms with Gasteiger partial charge in [0.2, 0.25) is 0 Å². The molecule has 2 nitrogen and oxygen atoms in total. The highest BCUT2D eigenvalue weighted by Gasteiger charge is 2.22. The lowest BCUT2D eigenvalue weighted by Gasteiger charge is -2.34. The van der Waals surface area contributed by atoms with Crippen molar-refractivity contribution in [3.8, 4) is 0 Å². The van der Waals surface area contributed by atoms with Crippen LogP contribution in [0.2, 0.25) is 0 Å². The molecule has 1 aromatic rings. The molecule has 0 saturated carbocycles. The molecule has 2 unspecified atom stereocenters. The van der Waals surface area contributed by atoms with Gasteiger partial charge in [0.05, 0.1) is 0 Å². The maximum Gasteiger partial charge on any atom is 0.0296 e. The fourth-order valence-corrected chi connectivity index (χ4v) is 4.23. The third kappa shape index (κ3) is 3.56. The first kappa shape index (κ1) is 14.0. The van der Waals surface area contributed by atoms with E-state index in [2.05, 4.69) is 37.1 Å². The minimum absolute atomic E-state index is 0.851. The van der Waals surface area contributed by atoms with Crippen molar-refractivity contribution in [2.45, 2.75) is 40.3 Å². The standard InChI is InChI=1S/C15H26N2S/c1-11-5-12(2)9-17(8-11)10-14-6-15(7-16-4)18-13(14)3/h6,11-12,16H,5,7-10H2,1-4H3. The number of aryl methyl sites for hydroxylation is 1. The molecule has 1 saturated heterocycles. The molecule has 0 amide bonds. The number of rotatable bonds is 4. The lowest BCUT2D eigenvalue weighted by molar-refractivity contribution is 0.134. The van der Waals surface area contributed by atoms with Gasteiger partial charge in [-0.2, -0.15) is 0 Å². The first-order valence-corrected chi connectivity index (χ1v) is 7.85. The fraction of sp³-hybridized carbons (Fsp3) is 0.733. The van der Waals surface area contributed by atoms with E-state index >= 15 is 0 Å². The Labute approximate surface area is 115 Å². The summed E-state index contributed by atoms with van der Waals surface area (Å²) in [5, 5.41) is 3.24. The summed E-state index contributed by atoms with van der Waals surface area (Å²) in [6.45, 7) is 11.7. The number of piperidine rings is 1. The van der Waals surface area contributed by atoms with Gasteiger partial charge in [-0.15, -0.1) is 11.3 Å². The van der Waals surface area contributed by atoms with E-state index in [0.717, 1.165) is 24.9 Å². The Morgan fingerprint density at radius 1 is 1.33 bits per heavy atom. The van der Waals surface area contributed by atoms with E-state index in [4.69, 9.17) is 0 Å². The molecule has 3 heteroatoms. The minimum Gasteiger partial charge on any atom is -0.315 e. The summed E-state index contributed by atoms with van der Waals surface area (Å²) >= 11 is 1.94. The molecule has 1 fully saturated rings. The lowest BCUT2D eigenvalue weighted by atomic mass is 9.91. The Kier molecular flexibility index (Phi) is 4.82. The summed E-state index contributed by atoms with van der Waals surface area (Å²) < 4.78 is 0. The van der Waals surface area contributed by atoms with Gasteiger partial charge in [-0.1, -0.05) is 13.8 Å². The summed E-state index contributed by atoms with van der Waals surface area (Å²) in [5.41, 5.74) is 1.53. The fourth-order valence-electron chi connectivity index (χ4n) is 3.17. The zero-order valence-corrected chi connectivity index (χ0v) is 12.9. The Bertz CT molecular complexity index is 376. The van der Waals surface area contributed by atoms with E-state index in [1.54, 1.807) is 0 Å². The maximum absolute atomic E-state index is 3.24. The molecule has 0 aliphatic carbocycles. The minimum atomic E-state index is 0.851. The van der Waals surface area contributed by atoms with E-state index in [9.17, 15) is 0 Å². The summed E-state index contributed by atoms with van der Waals surface area (Å²) in [7, 11) is 2.02. The Morgan fingerprint density at radius 3 is 2.61 bits per heavy atom. The summed E-state index contributed by atoms with van der Waals surface area (Å²) in [5.74, 6) is 1.70. The molecule has 102 valence electrons. The van der Waals surface area contributed by atoms with E-state index in [-0.39, 0.29) is 0 Å². The largest absolute Gasteiger partial charge is 0.315 e. The van der Waals surface area contributed by atoms with Crippen molar-refractivity contribution in [3.63, 3.8) is 0 Å². The van der Waals surface area contributed by atoms with Crippen molar-refractivity contribution in [2.75, 3.05) is 20.1 Å². The van der Waals surface area contributed by atoms with Gasteiger partial charge in [0, 0.05) is 35.9 Å². The monoisotopic (exact) mass is 266 g/mol. The number of likely N-dealkylation sites (tertiary alicyclic amines) is 1. The summed E-state index contributed by atoms with van der Waals surface area (Å²) in [6.07, 6.45) is 1.39. The smallest absolute Gasteiger partial charge is 0.0296 e. The molecule has 0 radical (unpaired) electrons. The van der Waals surface area contributed by atoms with Gasteiger partial charge in [-0.05, 0) is 43.9 Å². The first-order chi connectivity index (χ1) is 8.58. The van der Waals surface area contributed by atoms with Gasteiger partial charge in [0.1, 0.15) is 0 Å². The van der Waals surface area contributed by atoms with Crippen molar-refractivity contribution in [1.82, 2.24) is 10.2 Å². The van der Waals surface area contributed by atoms with Crippen molar-refractivity contribution < 1.29 is 0 Å². The van der Waals surface area contributed by atoms with Crippen molar-refractivity contribution in [2.24, 2.45) is 11.8 Å². The van der Waals surface area contributed by atoms with Crippen LogP contribution in [0.3, 0.4) is 0 Å². The number of thiophene rings is 1. The molecule has 0 bridgehead atoms. The predicted octanol–water partition coefficient (Wildman–Crippen LogP) is 3.25. The van der Waals surface area contributed by atoms with Crippen LogP contribution in [0.4, 0.5) is 0 Å². The van der Waals surface area contributed by atoms with Crippen molar-refractivity contribution in [3.05, 3.63) is 21.4 Å². The average molecular weight is 266 g/mol. The molecule has 1 aliphatic rings. The SMILES string of the molecule is CNCc1cc(CN2CC(C)CC(C)C2)c(C)s1. The molecular formula is C15H26N2S. The van der Waals surface area contributed by atoms with Gasteiger partial charge in [-0.25, -0.2) is 0 Å². The Morgan fingerprint density at radius 2 is 2.00 bits per heavy atom. The highest BCUT2D eigenvalue weighted by Crippen LogP contribution is 2.26. The van der Waals surface area contributed by atoms with Crippen molar-refractivity contribution in [1.29, 1.82) is 0 Å². The van der Waals surface area contributed by atoms with Gasteiger partial charge < -0.3 is 5.32 Å². The third-order valence-electron chi connectivity index (χ3n) is 3.76. The van der Waals surface area contributed by atoms with Crippen molar-refractivity contribution >= 4 is 11.3 Å². The molecule has 1 aromatic heterocycles. The van der Waals surface area contributed by atoms with E-state index in [1.165, 1.54) is 34.8 Å². The summed E-state index contributed by atoms with van der Waals surface area (Å²) in [4.78, 5) is 5.59. The maximum atomic E-state index is 3.24. The molecule has 0 spiro atoms. The normalized spacial score (nSPS) is 25.6. The van der Waals surface area contributed by atoms with Crippen LogP contribution >= 0.6 is 11.3 Å². The first-order valence-electron chi connectivity index (χ1n) is 7.03. The quantitative estimate of drug-likeness (QED) is 0.900. The number of nitrogens with zero attached hydrogens (tertiary/aromatic N) is 1. The third-order valence-corrected chi connectivity index (χ3v) is 4.85. The summed E-state index contributed by atoms with van der Waals surface area (Å²) in [6, 6.07) is 2.39. The van der Waals surface area contributed by atoms with Crippen LogP contribution < -0.4 is 5.32 Å². The van der Waals surface area contributed by atoms with Gasteiger partial charge in [0.25, 0.3) is 0 Å². The van der Waals surface area contributed by atoms with Gasteiger partial charge in [0.15, 0.2) is 0 Å². The van der Waals surface area contributed by atoms with Crippen LogP contribution in [0.5, 0.6) is 0 Å². The number of nitrogens with one attached hydrogen (secondary N) is 1. The number of hydrogen-bond donors (Lipinski definition) is 1. The number of hydrogen-bond acceptors (Lipinski definition) is 3. The molecule has 0 aromatic carbocycles. The molecule has 18 heavy (non-hydrogen) atoms. The predicted molar refractivity (Wildman–Crippen MR) is 80.0 cm³/mol. The second-order valence-corrected chi connectivity index (χ2v) is 7.31. The Balaban J connectivity index is 1.99. The highest BCUT2D eigenvalue weighted by atomic mass is 32.1. The zero-order valence-electron chi connectivity index (χ0n) is 12.1. The molecule has 2 rings (SSSR count). The van der Waals surface area contributed by atoms with E-state index < -0.39 is 0 Å². The van der Waals surface area contributed by atoms with E-state index in [1.807, 2.05) is 18.4 Å². The van der Waals surface area contributed by atoms with Crippen LogP contribution in [0.15, 0.2) is 6.07 Å². The average Bonchev–Trinajstić information content (AvgIpc) is 2.58. The van der Waals surface area contributed by atoms with Crippen LogP contribution in [-0.2, 0) is 13.1 Å². The molecular weight excluding hydrogens is 240 g/mol. The Hall–Kier alpha value is -0.380. The lowest BCUT2D eigenvalue weighted by Crippen LogP contribution is -2.38. The van der Waals surface area contributed by atoms with Crippen LogP contribution in [-0.4, -0.2) is 25.0 Å². The van der Waals surface area contributed by atoms with Gasteiger partial charge >= 0.3 is 0 Å². The molecule has 2 heterocycles. The van der Waals surface area contributed by atoms with Crippen LogP contribution in [0, 0.1) is 18.8 Å². The molecule has 2 atom stereocenters. The molecule has 1 N–H and O–H groups in total. The topological polar surface area (TPSA) is 15.3 Å². The van der Waals surface area contributed by atoms with E-state index in [0.29, 0.717) is 0 Å². The second kappa shape index (κ2) is 6.18. The van der Waals surface area contributed by atoms with Crippen LogP contribution in [0.1, 0.15) is 35.6 Å².